The van der Waals surface area contributed by atoms with E-state index in [4.69, 9.17) is 4.74 Å². The monoisotopic (exact) mass is 290 g/mol. The number of nitrogens with zero attached hydrogens (tertiary/aromatic N) is 1. The first-order chi connectivity index (χ1) is 9.85. The molecule has 0 bridgehead atoms. The van der Waals surface area contributed by atoms with E-state index < -0.39 is 0 Å². The van der Waals surface area contributed by atoms with Crippen molar-refractivity contribution < 1.29 is 4.74 Å². The topological polar surface area (TPSA) is 34.2 Å². The lowest BCUT2D eigenvalue weighted by atomic mass is 10.1. The van der Waals surface area contributed by atoms with Crippen LogP contribution in [0, 0.1) is 0 Å². The Labute approximate surface area is 125 Å². The lowest BCUT2D eigenvalue weighted by Crippen LogP contribution is -2.12. The summed E-state index contributed by atoms with van der Waals surface area (Å²) in [5.74, 6) is 0. The molecule has 1 aromatic carbocycles. The predicted octanol–water partition coefficient (Wildman–Crippen LogP) is 3.77. The number of ether oxygens (including phenoxy) is 1. The van der Waals surface area contributed by atoms with Crippen molar-refractivity contribution in [2.24, 2.45) is 0 Å². The average molecular weight is 290 g/mol. The van der Waals surface area contributed by atoms with Gasteiger partial charge in [0.25, 0.3) is 0 Å². The molecule has 4 heteroatoms. The molecule has 0 aliphatic rings. The van der Waals surface area contributed by atoms with Crippen LogP contribution in [0.1, 0.15) is 41.8 Å². The molecule has 1 N–H and O–H groups in total. The molecule has 108 valence electrons. The number of hydrogen-bond donors (Lipinski definition) is 1. The van der Waals surface area contributed by atoms with E-state index in [9.17, 15) is 0 Å². The summed E-state index contributed by atoms with van der Waals surface area (Å²) in [6.07, 6.45) is 3.06. The van der Waals surface area contributed by atoms with E-state index in [1.165, 1.54) is 4.88 Å². The number of hydrogen-bond acceptors (Lipinski definition) is 4. The van der Waals surface area contributed by atoms with Gasteiger partial charge in [-0.15, -0.1) is 11.3 Å². The maximum atomic E-state index is 5.88. The standard InChI is InChI=1S/C16H22N2OS/c1-3-10-17-11-14-12-18-16(20-14)15(19-4-2)13-8-6-5-7-9-13/h5-9,12,15,17H,3-4,10-11H2,1-2H3. The van der Waals surface area contributed by atoms with Crippen LogP contribution in [0.4, 0.5) is 0 Å². The summed E-state index contributed by atoms with van der Waals surface area (Å²) in [7, 11) is 0. The summed E-state index contributed by atoms with van der Waals surface area (Å²) < 4.78 is 5.88. The fourth-order valence-electron chi connectivity index (χ4n) is 2.02. The Balaban J connectivity index is 2.10. The Morgan fingerprint density at radius 1 is 1.25 bits per heavy atom. The van der Waals surface area contributed by atoms with Gasteiger partial charge in [0, 0.05) is 24.2 Å². The zero-order valence-electron chi connectivity index (χ0n) is 12.1. The number of thiazole rings is 1. The van der Waals surface area contributed by atoms with Crippen LogP contribution < -0.4 is 5.32 Å². The molecular formula is C16H22N2OS. The van der Waals surface area contributed by atoms with Crippen molar-refractivity contribution in [1.82, 2.24) is 10.3 Å². The molecule has 20 heavy (non-hydrogen) atoms. The summed E-state index contributed by atoms with van der Waals surface area (Å²) in [5.41, 5.74) is 1.16. The Bertz CT molecular complexity index is 498. The molecule has 0 aliphatic carbocycles. The van der Waals surface area contributed by atoms with E-state index in [1.54, 1.807) is 11.3 Å². The average Bonchev–Trinajstić information content (AvgIpc) is 2.94. The predicted molar refractivity (Wildman–Crippen MR) is 84.0 cm³/mol. The van der Waals surface area contributed by atoms with Crippen LogP contribution in [-0.4, -0.2) is 18.1 Å². The first kappa shape index (κ1) is 15.2. The normalized spacial score (nSPS) is 12.5. The summed E-state index contributed by atoms with van der Waals surface area (Å²) in [6, 6.07) is 10.3. The van der Waals surface area contributed by atoms with Gasteiger partial charge in [0.15, 0.2) is 0 Å². The molecule has 0 aliphatic heterocycles. The number of benzene rings is 1. The van der Waals surface area contributed by atoms with Crippen LogP contribution >= 0.6 is 11.3 Å². The number of nitrogens with one attached hydrogen (secondary N) is 1. The van der Waals surface area contributed by atoms with Crippen molar-refractivity contribution in [2.45, 2.75) is 32.9 Å². The molecule has 0 saturated carbocycles. The third kappa shape index (κ3) is 4.13. The number of rotatable bonds is 8. The fourth-order valence-corrected chi connectivity index (χ4v) is 2.98. The quantitative estimate of drug-likeness (QED) is 0.752. The molecule has 1 unspecified atom stereocenters. The largest absolute Gasteiger partial charge is 0.367 e. The van der Waals surface area contributed by atoms with E-state index in [0.717, 1.165) is 30.1 Å². The summed E-state index contributed by atoms with van der Waals surface area (Å²) in [6.45, 7) is 6.81. The second-order valence-electron chi connectivity index (χ2n) is 4.59. The molecule has 0 amide bonds. The Morgan fingerprint density at radius 3 is 2.75 bits per heavy atom. The van der Waals surface area contributed by atoms with Gasteiger partial charge in [0.05, 0.1) is 0 Å². The van der Waals surface area contributed by atoms with Crippen LogP contribution in [-0.2, 0) is 11.3 Å². The van der Waals surface area contributed by atoms with Crippen LogP contribution in [0.5, 0.6) is 0 Å². The Morgan fingerprint density at radius 2 is 2.05 bits per heavy atom. The van der Waals surface area contributed by atoms with E-state index in [2.05, 4.69) is 29.4 Å². The molecule has 2 aromatic rings. The Hall–Kier alpha value is -1.23. The molecule has 1 heterocycles. The molecule has 1 atom stereocenters. The molecule has 0 radical (unpaired) electrons. The highest BCUT2D eigenvalue weighted by Crippen LogP contribution is 2.29. The van der Waals surface area contributed by atoms with E-state index >= 15 is 0 Å². The van der Waals surface area contributed by atoms with Crippen molar-refractivity contribution in [3.05, 3.63) is 52.0 Å². The Kier molecular flexibility index (Phi) is 6.18. The van der Waals surface area contributed by atoms with Crippen molar-refractivity contribution >= 4 is 11.3 Å². The second kappa shape index (κ2) is 8.15. The molecular weight excluding hydrogens is 268 g/mol. The summed E-state index contributed by atoms with van der Waals surface area (Å²) in [5, 5.41) is 4.44. The van der Waals surface area contributed by atoms with Crippen LogP contribution in [0.3, 0.4) is 0 Å². The van der Waals surface area contributed by atoms with Gasteiger partial charge in [0.1, 0.15) is 11.1 Å². The van der Waals surface area contributed by atoms with Gasteiger partial charge < -0.3 is 10.1 Å². The van der Waals surface area contributed by atoms with Crippen molar-refractivity contribution in [1.29, 1.82) is 0 Å². The van der Waals surface area contributed by atoms with Gasteiger partial charge in [-0.1, -0.05) is 37.3 Å². The van der Waals surface area contributed by atoms with Crippen molar-refractivity contribution in [3.63, 3.8) is 0 Å². The van der Waals surface area contributed by atoms with E-state index in [-0.39, 0.29) is 6.10 Å². The van der Waals surface area contributed by atoms with Crippen LogP contribution in [0.25, 0.3) is 0 Å². The zero-order chi connectivity index (χ0) is 14.2. The maximum Gasteiger partial charge on any atom is 0.134 e. The van der Waals surface area contributed by atoms with Crippen molar-refractivity contribution in [2.75, 3.05) is 13.2 Å². The highest BCUT2D eigenvalue weighted by molar-refractivity contribution is 7.11. The summed E-state index contributed by atoms with van der Waals surface area (Å²) in [4.78, 5) is 5.80. The minimum Gasteiger partial charge on any atom is -0.367 e. The fraction of sp³-hybridized carbons (Fsp3) is 0.438. The lowest BCUT2D eigenvalue weighted by molar-refractivity contribution is 0.0911. The highest BCUT2D eigenvalue weighted by Gasteiger charge is 2.17. The molecule has 1 aromatic heterocycles. The van der Waals surface area contributed by atoms with E-state index in [0.29, 0.717) is 6.61 Å². The van der Waals surface area contributed by atoms with Crippen molar-refractivity contribution in [3.8, 4) is 0 Å². The zero-order valence-corrected chi connectivity index (χ0v) is 13.0. The van der Waals surface area contributed by atoms with Gasteiger partial charge >= 0.3 is 0 Å². The molecule has 0 saturated heterocycles. The molecule has 2 rings (SSSR count). The van der Waals surface area contributed by atoms with Gasteiger partial charge in [-0.25, -0.2) is 4.98 Å². The van der Waals surface area contributed by atoms with Crippen LogP contribution in [0.15, 0.2) is 36.5 Å². The lowest BCUT2D eigenvalue weighted by Gasteiger charge is -2.14. The maximum absolute atomic E-state index is 5.88. The van der Waals surface area contributed by atoms with Gasteiger partial charge in [-0.3, -0.25) is 0 Å². The minimum atomic E-state index is -0.0499. The van der Waals surface area contributed by atoms with Gasteiger partial charge in [-0.05, 0) is 25.5 Å². The van der Waals surface area contributed by atoms with E-state index in [1.807, 2.05) is 31.3 Å². The van der Waals surface area contributed by atoms with Gasteiger partial charge in [0.2, 0.25) is 0 Å². The third-order valence-electron chi connectivity index (χ3n) is 2.96. The summed E-state index contributed by atoms with van der Waals surface area (Å²) >= 11 is 1.73. The first-order valence-corrected chi connectivity index (χ1v) is 7.98. The smallest absolute Gasteiger partial charge is 0.134 e. The minimum absolute atomic E-state index is 0.0499. The molecule has 3 nitrogen and oxygen atoms in total. The molecule has 0 fully saturated rings. The van der Waals surface area contributed by atoms with Gasteiger partial charge in [-0.2, -0.15) is 0 Å². The SMILES string of the molecule is CCCNCc1cnc(C(OCC)c2ccccc2)s1. The first-order valence-electron chi connectivity index (χ1n) is 7.17. The molecule has 0 spiro atoms. The number of aromatic nitrogens is 1. The second-order valence-corrected chi connectivity index (χ2v) is 5.73. The third-order valence-corrected chi connectivity index (χ3v) is 4.00. The highest BCUT2D eigenvalue weighted by atomic mass is 32.1. The van der Waals surface area contributed by atoms with Crippen LogP contribution in [0.2, 0.25) is 0 Å².